The van der Waals surface area contributed by atoms with Crippen LogP contribution in [0.4, 0.5) is 11.6 Å². The van der Waals surface area contributed by atoms with Crippen molar-refractivity contribution in [2.75, 3.05) is 49.5 Å². The number of nitrogens with zero attached hydrogens (tertiary/aromatic N) is 4. The van der Waals surface area contributed by atoms with Crippen LogP contribution in [-0.4, -0.2) is 65.3 Å². The quantitative estimate of drug-likeness (QED) is 0.832. The molecule has 2 N–H and O–H groups in total. The minimum atomic E-state index is 0.196. The van der Waals surface area contributed by atoms with Crippen LogP contribution in [0.1, 0.15) is 38.5 Å². The van der Waals surface area contributed by atoms with Crippen molar-refractivity contribution in [2.45, 2.75) is 44.6 Å². The zero-order valence-corrected chi connectivity index (χ0v) is 14.0. The first-order chi connectivity index (χ1) is 11.4. The Morgan fingerprint density at radius 3 is 2.70 bits per heavy atom. The largest absolute Gasteiger partial charge is 0.394 e. The molecule has 1 aromatic heterocycles. The van der Waals surface area contributed by atoms with Crippen molar-refractivity contribution in [1.82, 2.24) is 14.9 Å². The van der Waals surface area contributed by atoms with Crippen molar-refractivity contribution in [3.63, 3.8) is 0 Å². The molecule has 128 valence electrons. The molecule has 0 aliphatic carbocycles. The molecule has 3 heterocycles. The molecule has 23 heavy (non-hydrogen) atoms. The minimum absolute atomic E-state index is 0.196. The van der Waals surface area contributed by atoms with E-state index in [2.05, 4.69) is 25.1 Å². The van der Waals surface area contributed by atoms with Crippen LogP contribution in [0.15, 0.2) is 12.4 Å². The monoisotopic (exact) mass is 319 g/mol. The van der Waals surface area contributed by atoms with Crippen LogP contribution in [0, 0.1) is 0 Å². The molecule has 2 saturated heterocycles. The molecule has 0 radical (unpaired) electrons. The molecule has 0 bridgehead atoms. The van der Waals surface area contributed by atoms with Crippen LogP contribution >= 0.6 is 0 Å². The zero-order valence-electron chi connectivity index (χ0n) is 14.0. The lowest BCUT2D eigenvalue weighted by Gasteiger charge is -2.24. The van der Waals surface area contributed by atoms with Gasteiger partial charge < -0.3 is 20.2 Å². The molecule has 3 rings (SSSR count). The molecule has 6 heteroatoms. The molecule has 2 aliphatic heterocycles. The highest BCUT2D eigenvalue weighted by molar-refractivity contribution is 5.49. The number of anilines is 2. The number of aliphatic hydroxyl groups excluding tert-OH is 1. The smallest absolute Gasteiger partial charge is 0.134 e. The van der Waals surface area contributed by atoms with Crippen molar-refractivity contribution in [1.29, 1.82) is 0 Å². The summed E-state index contributed by atoms with van der Waals surface area (Å²) in [6.45, 7) is 5.60. The Labute approximate surface area is 138 Å². The summed E-state index contributed by atoms with van der Waals surface area (Å²) in [7, 11) is 0. The topological polar surface area (TPSA) is 64.5 Å². The van der Waals surface area contributed by atoms with E-state index in [1.807, 2.05) is 6.07 Å². The third kappa shape index (κ3) is 4.54. The van der Waals surface area contributed by atoms with E-state index in [0.29, 0.717) is 0 Å². The fourth-order valence-electron chi connectivity index (χ4n) is 3.63. The van der Waals surface area contributed by atoms with E-state index in [1.54, 1.807) is 6.33 Å². The normalized spacial score (nSPS) is 23.0. The van der Waals surface area contributed by atoms with Crippen LogP contribution in [0.2, 0.25) is 0 Å². The van der Waals surface area contributed by atoms with Crippen LogP contribution in [-0.2, 0) is 0 Å². The first kappa shape index (κ1) is 16.5. The summed E-state index contributed by atoms with van der Waals surface area (Å²) in [5, 5.41) is 12.9. The summed E-state index contributed by atoms with van der Waals surface area (Å²) < 4.78 is 0. The number of hydrogen-bond donors (Lipinski definition) is 2. The van der Waals surface area contributed by atoms with Crippen LogP contribution < -0.4 is 10.2 Å². The maximum absolute atomic E-state index is 9.47. The van der Waals surface area contributed by atoms with Crippen molar-refractivity contribution >= 4 is 11.6 Å². The number of rotatable bonds is 6. The molecule has 0 aromatic carbocycles. The Kier molecular flexibility index (Phi) is 6.05. The Morgan fingerprint density at radius 1 is 1.09 bits per heavy atom. The Morgan fingerprint density at radius 2 is 1.91 bits per heavy atom. The van der Waals surface area contributed by atoms with E-state index < -0.39 is 0 Å². The second-order valence-electron chi connectivity index (χ2n) is 6.62. The fraction of sp³-hybridized carbons (Fsp3) is 0.765. The first-order valence-corrected chi connectivity index (χ1v) is 9.02. The van der Waals surface area contributed by atoms with Gasteiger partial charge in [0.2, 0.25) is 0 Å². The lowest BCUT2D eigenvalue weighted by atomic mass is 10.2. The van der Waals surface area contributed by atoms with Crippen LogP contribution in [0.3, 0.4) is 0 Å². The molecular weight excluding hydrogens is 290 g/mol. The molecular formula is C17H29N5O. The highest BCUT2D eigenvalue weighted by Crippen LogP contribution is 2.24. The molecule has 2 aliphatic rings. The van der Waals surface area contributed by atoms with Gasteiger partial charge in [0.25, 0.3) is 0 Å². The predicted molar refractivity (Wildman–Crippen MR) is 92.9 cm³/mol. The van der Waals surface area contributed by atoms with Gasteiger partial charge in [0.15, 0.2) is 0 Å². The maximum atomic E-state index is 9.47. The van der Waals surface area contributed by atoms with E-state index in [-0.39, 0.29) is 12.6 Å². The zero-order chi connectivity index (χ0) is 15.9. The molecule has 1 atom stereocenters. The average Bonchev–Trinajstić information content (AvgIpc) is 2.92. The molecule has 6 nitrogen and oxygen atoms in total. The standard InChI is InChI=1S/C17H29N5O/c23-13-15-6-5-10-22(15)17-12-16(19-14-20-17)18-7-11-21-8-3-1-2-4-9-21/h12,14-15,23H,1-11,13H2,(H,18,19,20). The first-order valence-electron chi connectivity index (χ1n) is 9.02. The van der Waals surface area contributed by atoms with Gasteiger partial charge in [0.05, 0.1) is 12.6 Å². The maximum Gasteiger partial charge on any atom is 0.134 e. The molecule has 1 aromatic rings. The van der Waals surface area contributed by atoms with Gasteiger partial charge in [0, 0.05) is 25.7 Å². The summed E-state index contributed by atoms with van der Waals surface area (Å²) in [6.07, 6.45) is 9.19. The van der Waals surface area contributed by atoms with Crippen molar-refractivity contribution in [2.24, 2.45) is 0 Å². The second kappa shape index (κ2) is 8.45. The molecule has 0 spiro atoms. The lowest BCUT2D eigenvalue weighted by Crippen LogP contribution is -2.33. The van der Waals surface area contributed by atoms with E-state index in [1.165, 1.54) is 38.8 Å². The Hall–Kier alpha value is -1.40. The van der Waals surface area contributed by atoms with E-state index >= 15 is 0 Å². The third-order valence-corrected chi connectivity index (χ3v) is 4.97. The average molecular weight is 319 g/mol. The summed E-state index contributed by atoms with van der Waals surface area (Å²) in [5.41, 5.74) is 0. The number of nitrogens with one attached hydrogen (secondary N) is 1. The van der Waals surface area contributed by atoms with Crippen molar-refractivity contribution in [3.8, 4) is 0 Å². The minimum Gasteiger partial charge on any atom is -0.394 e. The SMILES string of the molecule is OCC1CCCN1c1cc(NCCN2CCCCCC2)ncn1. The Bertz CT molecular complexity index is 476. The van der Waals surface area contributed by atoms with Crippen LogP contribution in [0.5, 0.6) is 0 Å². The van der Waals surface area contributed by atoms with Gasteiger partial charge in [0.1, 0.15) is 18.0 Å². The molecule has 2 fully saturated rings. The number of hydrogen-bond acceptors (Lipinski definition) is 6. The highest BCUT2D eigenvalue weighted by Gasteiger charge is 2.25. The number of aromatic nitrogens is 2. The fourth-order valence-corrected chi connectivity index (χ4v) is 3.63. The summed E-state index contributed by atoms with van der Waals surface area (Å²) in [6, 6.07) is 2.21. The molecule has 0 amide bonds. The summed E-state index contributed by atoms with van der Waals surface area (Å²) in [5.74, 6) is 1.81. The van der Waals surface area contributed by atoms with Gasteiger partial charge in [-0.1, -0.05) is 12.8 Å². The van der Waals surface area contributed by atoms with Gasteiger partial charge >= 0.3 is 0 Å². The predicted octanol–water partition coefficient (Wildman–Crippen LogP) is 1.73. The van der Waals surface area contributed by atoms with E-state index in [0.717, 1.165) is 44.1 Å². The van der Waals surface area contributed by atoms with Crippen molar-refractivity contribution in [3.05, 3.63) is 12.4 Å². The second-order valence-corrected chi connectivity index (χ2v) is 6.62. The number of likely N-dealkylation sites (tertiary alicyclic amines) is 1. The van der Waals surface area contributed by atoms with Gasteiger partial charge in [-0.05, 0) is 38.8 Å². The summed E-state index contributed by atoms with van der Waals surface area (Å²) >= 11 is 0. The molecule has 1 unspecified atom stereocenters. The van der Waals surface area contributed by atoms with Crippen molar-refractivity contribution < 1.29 is 5.11 Å². The lowest BCUT2D eigenvalue weighted by molar-refractivity contribution is 0.266. The van der Waals surface area contributed by atoms with E-state index in [9.17, 15) is 5.11 Å². The molecule has 0 saturated carbocycles. The third-order valence-electron chi connectivity index (χ3n) is 4.97. The number of aliphatic hydroxyl groups is 1. The van der Waals surface area contributed by atoms with Crippen LogP contribution in [0.25, 0.3) is 0 Å². The Balaban J connectivity index is 1.51. The van der Waals surface area contributed by atoms with Gasteiger partial charge in [-0.25, -0.2) is 9.97 Å². The highest BCUT2D eigenvalue weighted by atomic mass is 16.3. The van der Waals surface area contributed by atoms with E-state index in [4.69, 9.17) is 0 Å². The summed E-state index contributed by atoms with van der Waals surface area (Å²) in [4.78, 5) is 13.5. The van der Waals surface area contributed by atoms with Gasteiger partial charge in [-0.3, -0.25) is 0 Å². The van der Waals surface area contributed by atoms with Gasteiger partial charge in [-0.2, -0.15) is 0 Å². The van der Waals surface area contributed by atoms with Gasteiger partial charge in [-0.15, -0.1) is 0 Å².